The van der Waals surface area contributed by atoms with E-state index < -0.39 is 6.10 Å². The molecule has 4 aliphatic carbocycles. The molecule has 4 fully saturated rings. The van der Waals surface area contributed by atoms with Crippen LogP contribution in [0.25, 0.3) is 0 Å². The Bertz CT molecular complexity index is 510. The van der Waals surface area contributed by atoms with Gasteiger partial charge in [-0.1, -0.05) is 34.1 Å². The van der Waals surface area contributed by atoms with Crippen molar-refractivity contribution in [1.82, 2.24) is 0 Å². The minimum absolute atomic E-state index is 0.177. The van der Waals surface area contributed by atoms with Gasteiger partial charge in [0.25, 0.3) is 0 Å². The van der Waals surface area contributed by atoms with Crippen molar-refractivity contribution in [2.24, 2.45) is 39.9 Å². The summed E-state index contributed by atoms with van der Waals surface area (Å²) in [5.74, 6) is 2.11. The van der Waals surface area contributed by atoms with Gasteiger partial charge in [-0.3, -0.25) is 4.79 Å². The van der Waals surface area contributed by atoms with Crippen LogP contribution >= 0.6 is 0 Å². The second-order valence-corrected chi connectivity index (χ2v) is 9.94. The first kappa shape index (κ1) is 15.2. The summed E-state index contributed by atoms with van der Waals surface area (Å²) in [7, 11) is 0. The van der Waals surface area contributed by atoms with Gasteiger partial charge in [0, 0.05) is 5.92 Å². The highest BCUT2D eigenvalue weighted by atomic mass is 16.3. The number of fused-ring (bicyclic) bond motifs is 3. The van der Waals surface area contributed by atoms with Crippen molar-refractivity contribution >= 4 is 5.78 Å². The van der Waals surface area contributed by atoms with Gasteiger partial charge in [0.1, 0.15) is 5.78 Å². The summed E-state index contributed by atoms with van der Waals surface area (Å²) in [4.78, 5) is 13.2. The molecule has 2 nitrogen and oxygen atoms in total. The second kappa shape index (κ2) is 4.37. The highest BCUT2D eigenvalue weighted by molar-refractivity contribution is 5.91. The first-order valence-corrected chi connectivity index (χ1v) is 9.46. The van der Waals surface area contributed by atoms with Gasteiger partial charge in [0.2, 0.25) is 0 Å². The molecule has 0 heterocycles. The molecule has 1 spiro atoms. The average molecular weight is 304 g/mol. The number of carbonyl (C=O) groups is 1. The van der Waals surface area contributed by atoms with Gasteiger partial charge < -0.3 is 5.11 Å². The highest BCUT2D eigenvalue weighted by Crippen LogP contribution is 2.71. The molecule has 7 atom stereocenters. The maximum absolute atomic E-state index is 13.2. The third-order valence-electron chi connectivity index (χ3n) is 8.75. The van der Waals surface area contributed by atoms with Crippen molar-refractivity contribution in [2.45, 2.75) is 78.7 Å². The molecule has 0 aromatic carbocycles. The molecule has 1 N–H and O–H groups in total. The van der Waals surface area contributed by atoms with E-state index >= 15 is 0 Å². The Morgan fingerprint density at radius 3 is 2.55 bits per heavy atom. The van der Waals surface area contributed by atoms with Crippen molar-refractivity contribution in [3.05, 3.63) is 0 Å². The molecule has 4 saturated carbocycles. The standard InChI is InChI=1S/C20H32O2/c1-12-13-6-7-14-19(4)9-5-8-18(2,3)15(19)10-16(21)20(14,11-13)17(12)22/h12-16,21H,5-11H2,1-4H3. The van der Waals surface area contributed by atoms with Crippen LogP contribution in [0.1, 0.15) is 72.6 Å². The van der Waals surface area contributed by atoms with Crippen LogP contribution in [0.3, 0.4) is 0 Å². The number of aliphatic hydroxyl groups excluding tert-OH is 1. The first-order valence-electron chi connectivity index (χ1n) is 9.46. The minimum Gasteiger partial charge on any atom is -0.392 e. The SMILES string of the molecule is CC1C(=O)C23CC1CCC2C1(C)CCCC(C)(C)C1CC3O. The zero-order valence-electron chi connectivity index (χ0n) is 14.7. The Labute approximate surface area is 135 Å². The summed E-state index contributed by atoms with van der Waals surface area (Å²) in [5, 5.41) is 11.1. The number of hydrogen-bond donors (Lipinski definition) is 1. The topological polar surface area (TPSA) is 37.3 Å². The number of rotatable bonds is 0. The van der Waals surface area contributed by atoms with E-state index in [4.69, 9.17) is 0 Å². The third kappa shape index (κ3) is 1.58. The predicted octanol–water partition coefficient (Wildman–Crippen LogP) is 4.21. The van der Waals surface area contributed by atoms with Gasteiger partial charge in [-0.05, 0) is 67.1 Å². The molecule has 0 aromatic heterocycles. The number of Topliss-reactive ketones (excluding diaryl/α,β-unsaturated/α-hetero) is 1. The van der Waals surface area contributed by atoms with Gasteiger partial charge in [-0.25, -0.2) is 0 Å². The summed E-state index contributed by atoms with van der Waals surface area (Å²) in [6.07, 6.45) is 7.62. The molecule has 0 radical (unpaired) electrons. The lowest BCUT2D eigenvalue weighted by atomic mass is 9.40. The van der Waals surface area contributed by atoms with E-state index in [0.29, 0.717) is 29.0 Å². The Morgan fingerprint density at radius 1 is 1.09 bits per heavy atom. The lowest BCUT2D eigenvalue weighted by molar-refractivity contribution is -0.197. The van der Waals surface area contributed by atoms with Crippen LogP contribution in [0.2, 0.25) is 0 Å². The van der Waals surface area contributed by atoms with Crippen molar-refractivity contribution < 1.29 is 9.90 Å². The molecule has 22 heavy (non-hydrogen) atoms. The molecule has 0 saturated heterocycles. The van der Waals surface area contributed by atoms with Crippen LogP contribution in [0.4, 0.5) is 0 Å². The predicted molar refractivity (Wildman–Crippen MR) is 87.3 cm³/mol. The van der Waals surface area contributed by atoms with Gasteiger partial charge in [-0.2, -0.15) is 0 Å². The van der Waals surface area contributed by atoms with Crippen molar-refractivity contribution in [2.75, 3.05) is 0 Å². The molecule has 124 valence electrons. The van der Waals surface area contributed by atoms with Crippen LogP contribution in [0, 0.1) is 39.9 Å². The summed E-state index contributed by atoms with van der Waals surface area (Å²) >= 11 is 0. The molecule has 0 amide bonds. The van der Waals surface area contributed by atoms with E-state index in [1.807, 2.05) is 0 Å². The second-order valence-electron chi connectivity index (χ2n) is 9.94. The van der Waals surface area contributed by atoms with Crippen LogP contribution in [0.15, 0.2) is 0 Å². The van der Waals surface area contributed by atoms with Crippen molar-refractivity contribution in [3.8, 4) is 0 Å². The zero-order valence-corrected chi connectivity index (χ0v) is 14.7. The smallest absolute Gasteiger partial charge is 0.144 e. The normalized spacial score (nSPS) is 56.4. The summed E-state index contributed by atoms with van der Waals surface area (Å²) in [6.45, 7) is 9.37. The molecule has 2 heteroatoms. The van der Waals surface area contributed by atoms with Gasteiger partial charge >= 0.3 is 0 Å². The summed E-state index contributed by atoms with van der Waals surface area (Å²) < 4.78 is 0. The fraction of sp³-hybridized carbons (Fsp3) is 0.950. The number of aliphatic hydroxyl groups is 1. The maximum Gasteiger partial charge on any atom is 0.144 e. The van der Waals surface area contributed by atoms with Gasteiger partial charge in [-0.15, -0.1) is 0 Å². The summed E-state index contributed by atoms with van der Waals surface area (Å²) in [6, 6.07) is 0. The lowest BCUT2D eigenvalue weighted by Crippen LogP contribution is -2.63. The number of hydrogen-bond acceptors (Lipinski definition) is 2. The molecule has 4 rings (SSSR count). The molecular formula is C20H32O2. The van der Waals surface area contributed by atoms with E-state index in [0.717, 1.165) is 12.8 Å². The number of carbonyl (C=O) groups excluding carboxylic acids is 1. The van der Waals surface area contributed by atoms with E-state index in [-0.39, 0.29) is 16.7 Å². The highest BCUT2D eigenvalue weighted by Gasteiger charge is 2.70. The largest absolute Gasteiger partial charge is 0.392 e. The Balaban J connectivity index is 1.82. The van der Waals surface area contributed by atoms with Crippen LogP contribution in [-0.4, -0.2) is 17.0 Å². The van der Waals surface area contributed by atoms with Gasteiger partial charge in [0.15, 0.2) is 0 Å². The van der Waals surface area contributed by atoms with Crippen LogP contribution in [0.5, 0.6) is 0 Å². The first-order chi connectivity index (χ1) is 10.2. The molecule has 0 aliphatic heterocycles. The Kier molecular flexibility index (Phi) is 3.02. The zero-order chi connectivity index (χ0) is 15.9. The summed E-state index contributed by atoms with van der Waals surface area (Å²) in [5.41, 5.74) is 0.173. The number of ketones is 1. The molecule has 2 bridgehead atoms. The van der Waals surface area contributed by atoms with Crippen LogP contribution < -0.4 is 0 Å². The lowest BCUT2D eigenvalue weighted by Gasteiger charge is -2.64. The molecule has 0 aromatic rings. The molecular weight excluding hydrogens is 272 g/mol. The maximum atomic E-state index is 13.2. The quantitative estimate of drug-likeness (QED) is 0.728. The Hall–Kier alpha value is -0.370. The van der Waals surface area contributed by atoms with Crippen molar-refractivity contribution in [3.63, 3.8) is 0 Å². The monoisotopic (exact) mass is 304 g/mol. The minimum atomic E-state index is -0.395. The molecule has 7 unspecified atom stereocenters. The fourth-order valence-corrected chi connectivity index (χ4v) is 7.71. The van der Waals surface area contributed by atoms with E-state index in [1.165, 1.54) is 32.1 Å². The molecule has 4 aliphatic rings. The van der Waals surface area contributed by atoms with E-state index in [2.05, 4.69) is 27.7 Å². The van der Waals surface area contributed by atoms with E-state index in [9.17, 15) is 9.90 Å². The average Bonchev–Trinajstić information content (AvgIpc) is 2.64. The van der Waals surface area contributed by atoms with Crippen molar-refractivity contribution in [1.29, 1.82) is 0 Å². The van der Waals surface area contributed by atoms with E-state index in [1.54, 1.807) is 0 Å². The Morgan fingerprint density at radius 2 is 1.82 bits per heavy atom. The van der Waals surface area contributed by atoms with Gasteiger partial charge in [0.05, 0.1) is 11.5 Å². The van der Waals surface area contributed by atoms with Crippen LogP contribution in [-0.2, 0) is 4.79 Å². The fourth-order valence-electron chi connectivity index (χ4n) is 7.71. The third-order valence-corrected chi connectivity index (χ3v) is 8.75.